The Balaban J connectivity index is 1.17. The maximum absolute atomic E-state index is 13.0. The van der Waals surface area contributed by atoms with Gasteiger partial charge in [0, 0.05) is 31.0 Å². The maximum atomic E-state index is 13.0. The molecular weight excluding hydrogens is 472 g/mol. The predicted molar refractivity (Wildman–Crippen MR) is 125 cm³/mol. The number of piperidine rings is 1. The summed E-state index contributed by atoms with van der Waals surface area (Å²) in [6.07, 6.45) is 3.06. The molecule has 0 unspecified atom stereocenters. The van der Waals surface area contributed by atoms with Crippen molar-refractivity contribution in [2.45, 2.75) is 19.4 Å². The van der Waals surface area contributed by atoms with Gasteiger partial charge >= 0.3 is 0 Å². The fraction of sp³-hybridized carbons (Fsp3) is 0.304. The van der Waals surface area contributed by atoms with Gasteiger partial charge in [-0.2, -0.15) is 0 Å². The van der Waals surface area contributed by atoms with Crippen LogP contribution in [0.15, 0.2) is 42.6 Å². The topological polar surface area (TPSA) is 136 Å². The summed E-state index contributed by atoms with van der Waals surface area (Å²) < 4.78 is 10.6. The van der Waals surface area contributed by atoms with Gasteiger partial charge in [-0.1, -0.05) is 17.4 Å². The first kappa shape index (κ1) is 22.7. The number of nitrogens with zero attached hydrogens (tertiary/aromatic N) is 4. The molecule has 2 N–H and O–H groups in total. The van der Waals surface area contributed by atoms with Crippen LogP contribution in [0.25, 0.3) is 0 Å². The second-order valence-electron chi connectivity index (χ2n) is 8.06. The van der Waals surface area contributed by atoms with Crippen LogP contribution in [-0.2, 0) is 11.3 Å². The van der Waals surface area contributed by atoms with Crippen molar-refractivity contribution in [1.29, 1.82) is 0 Å². The lowest BCUT2D eigenvalue weighted by Crippen LogP contribution is -2.45. The molecule has 2 aliphatic heterocycles. The molecular formula is C23H22N6O5S. The van der Waals surface area contributed by atoms with E-state index in [0.717, 1.165) is 17.0 Å². The van der Waals surface area contributed by atoms with E-state index in [0.29, 0.717) is 43.1 Å². The highest BCUT2D eigenvalue weighted by Gasteiger charge is 2.31. The Kier molecular flexibility index (Phi) is 6.53. The number of likely N-dealkylation sites (tertiary alicyclic amines) is 1. The average molecular weight is 495 g/mol. The molecule has 1 aromatic carbocycles. The largest absolute Gasteiger partial charge is 0.454 e. The minimum atomic E-state index is -0.481. The number of rotatable bonds is 6. The summed E-state index contributed by atoms with van der Waals surface area (Å²) in [6.45, 7) is 1.27. The van der Waals surface area contributed by atoms with Crippen LogP contribution in [-0.4, -0.2) is 57.7 Å². The van der Waals surface area contributed by atoms with Crippen molar-refractivity contribution in [1.82, 2.24) is 25.4 Å². The number of hydrogen-bond acceptors (Lipinski definition) is 9. The molecule has 11 nitrogen and oxygen atoms in total. The Bertz CT molecular complexity index is 1250. The molecule has 2 aromatic heterocycles. The molecule has 3 amide bonds. The fourth-order valence-electron chi connectivity index (χ4n) is 3.90. The molecule has 0 aliphatic carbocycles. The predicted octanol–water partition coefficient (Wildman–Crippen LogP) is 2.08. The van der Waals surface area contributed by atoms with Gasteiger partial charge < -0.3 is 25.0 Å². The van der Waals surface area contributed by atoms with Crippen molar-refractivity contribution in [2.24, 2.45) is 5.92 Å². The van der Waals surface area contributed by atoms with E-state index in [1.807, 2.05) is 18.2 Å². The number of hydrogen-bond donors (Lipinski definition) is 2. The molecule has 4 heterocycles. The number of amides is 3. The number of carbonyl (C=O) groups is 3. The SMILES string of the molecule is O=C(Nc1ccc2c(c1)OCO2)c1nnc(C(=O)N2CCC[C@@H](C(=O)NCc3ccccn3)C2)s1. The molecule has 0 saturated carbocycles. The quantitative estimate of drug-likeness (QED) is 0.532. The highest BCUT2D eigenvalue weighted by Crippen LogP contribution is 2.34. The third kappa shape index (κ3) is 5.22. The summed E-state index contributed by atoms with van der Waals surface area (Å²) in [6, 6.07) is 10.6. The Morgan fingerprint density at radius 1 is 1.09 bits per heavy atom. The van der Waals surface area contributed by atoms with Crippen molar-refractivity contribution in [3.63, 3.8) is 0 Å². The lowest BCUT2D eigenvalue weighted by molar-refractivity contribution is -0.126. The number of ether oxygens (including phenoxy) is 2. The summed E-state index contributed by atoms with van der Waals surface area (Å²) >= 11 is 0.914. The van der Waals surface area contributed by atoms with Crippen LogP contribution >= 0.6 is 11.3 Å². The van der Waals surface area contributed by atoms with Gasteiger partial charge in [-0.15, -0.1) is 10.2 Å². The average Bonchev–Trinajstić information content (AvgIpc) is 3.57. The number of fused-ring (bicyclic) bond motifs is 1. The Morgan fingerprint density at radius 2 is 1.94 bits per heavy atom. The third-order valence-electron chi connectivity index (χ3n) is 5.68. The second kappa shape index (κ2) is 10.1. The normalized spacial score (nSPS) is 16.6. The van der Waals surface area contributed by atoms with E-state index in [-0.39, 0.29) is 41.1 Å². The molecule has 180 valence electrons. The van der Waals surface area contributed by atoms with E-state index in [1.54, 1.807) is 29.3 Å². The van der Waals surface area contributed by atoms with Crippen molar-refractivity contribution < 1.29 is 23.9 Å². The third-order valence-corrected chi connectivity index (χ3v) is 6.59. The molecule has 35 heavy (non-hydrogen) atoms. The number of carbonyl (C=O) groups excluding carboxylic acids is 3. The van der Waals surface area contributed by atoms with Crippen LogP contribution in [0, 0.1) is 5.92 Å². The first-order valence-corrected chi connectivity index (χ1v) is 11.9. The monoisotopic (exact) mass is 494 g/mol. The van der Waals surface area contributed by atoms with E-state index in [4.69, 9.17) is 9.47 Å². The van der Waals surface area contributed by atoms with Crippen LogP contribution < -0.4 is 20.1 Å². The zero-order valence-corrected chi connectivity index (χ0v) is 19.4. The van der Waals surface area contributed by atoms with Gasteiger partial charge in [0.05, 0.1) is 18.2 Å². The summed E-state index contributed by atoms with van der Waals surface area (Å²) in [4.78, 5) is 44.0. The molecule has 1 saturated heterocycles. The summed E-state index contributed by atoms with van der Waals surface area (Å²) in [5.41, 5.74) is 1.28. The molecule has 0 bridgehead atoms. The highest BCUT2D eigenvalue weighted by molar-refractivity contribution is 7.15. The number of pyridine rings is 1. The van der Waals surface area contributed by atoms with Crippen LogP contribution in [0.5, 0.6) is 11.5 Å². The second-order valence-corrected chi connectivity index (χ2v) is 9.04. The Hall–Kier alpha value is -4.06. The molecule has 0 radical (unpaired) electrons. The van der Waals surface area contributed by atoms with E-state index in [9.17, 15) is 14.4 Å². The first-order valence-electron chi connectivity index (χ1n) is 11.1. The Labute approximate surface area is 204 Å². The van der Waals surface area contributed by atoms with Crippen molar-refractivity contribution in [2.75, 3.05) is 25.2 Å². The van der Waals surface area contributed by atoms with Gasteiger partial charge in [-0.3, -0.25) is 19.4 Å². The van der Waals surface area contributed by atoms with E-state index in [1.165, 1.54) is 0 Å². The molecule has 1 atom stereocenters. The number of benzene rings is 1. The maximum Gasteiger partial charge on any atom is 0.286 e. The van der Waals surface area contributed by atoms with Crippen molar-refractivity contribution in [3.8, 4) is 11.5 Å². The molecule has 2 aliphatic rings. The van der Waals surface area contributed by atoms with Crippen LogP contribution in [0.2, 0.25) is 0 Å². The van der Waals surface area contributed by atoms with Gasteiger partial charge in [-0.05, 0) is 37.1 Å². The Morgan fingerprint density at radius 3 is 2.80 bits per heavy atom. The van der Waals surface area contributed by atoms with E-state index < -0.39 is 5.91 Å². The van der Waals surface area contributed by atoms with Crippen molar-refractivity contribution in [3.05, 3.63) is 58.3 Å². The highest BCUT2D eigenvalue weighted by atomic mass is 32.1. The van der Waals surface area contributed by atoms with Gasteiger partial charge in [0.2, 0.25) is 22.7 Å². The number of anilines is 1. The summed E-state index contributed by atoms with van der Waals surface area (Å²) in [7, 11) is 0. The molecule has 5 rings (SSSR count). The summed E-state index contributed by atoms with van der Waals surface area (Å²) in [5, 5.41) is 13.6. The van der Waals surface area contributed by atoms with Crippen LogP contribution in [0.4, 0.5) is 5.69 Å². The number of nitrogens with one attached hydrogen (secondary N) is 2. The van der Waals surface area contributed by atoms with Crippen molar-refractivity contribution >= 4 is 34.7 Å². The van der Waals surface area contributed by atoms with E-state index in [2.05, 4.69) is 25.8 Å². The lowest BCUT2D eigenvalue weighted by Gasteiger charge is -2.31. The van der Waals surface area contributed by atoms with Crippen LogP contribution in [0.1, 0.15) is 38.1 Å². The minimum Gasteiger partial charge on any atom is -0.454 e. The molecule has 3 aromatic rings. The van der Waals surface area contributed by atoms with Gasteiger partial charge in [0.1, 0.15) is 0 Å². The minimum absolute atomic E-state index is 0.0627. The lowest BCUT2D eigenvalue weighted by atomic mass is 9.97. The van der Waals surface area contributed by atoms with Crippen LogP contribution in [0.3, 0.4) is 0 Å². The molecule has 0 spiro atoms. The zero-order chi connectivity index (χ0) is 24.2. The molecule has 1 fully saturated rings. The smallest absolute Gasteiger partial charge is 0.286 e. The zero-order valence-electron chi connectivity index (χ0n) is 18.6. The first-order chi connectivity index (χ1) is 17.1. The molecule has 12 heteroatoms. The summed E-state index contributed by atoms with van der Waals surface area (Å²) in [5.74, 6) is -0.110. The van der Waals surface area contributed by atoms with Gasteiger partial charge in [0.25, 0.3) is 11.8 Å². The van der Waals surface area contributed by atoms with Gasteiger partial charge in [0.15, 0.2) is 11.5 Å². The van der Waals surface area contributed by atoms with E-state index >= 15 is 0 Å². The number of aromatic nitrogens is 3. The van der Waals surface area contributed by atoms with Gasteiger partial charge in [-0.25, -0.2) is 0 Å². The fourth-order valence-corrected chi connectivity index (χ4v) is 4.60. The standard InChI is InChI=1S/C23H22N6O5S/c30-19(25-11-16-5-1-2-8-24-16)14-4-3-9-29(12-14)23(32)22-28-27-21(35-22)20(31)26-15-6-7-17-18(10-15)34-13-33-17/h1-2,5-8,10,14H,3-4,9,11-13H2,(H,25,30)(H,26,31)/t14-/m1/s1.